The molecular weight excluding hydrogens is 393 g/mol. The van der Waals surface area contributed by atoms with E-state index in [2.05, 4.69) is 15.5 Å². The first-order valence-electron chi connectivity index (χ1n) is 7.99. The number of carbonyl (C=O) groups excluding carboxylic acids is 1. The van der Waals surface area contributed by atoms with Gasteiger partial charge in [-0.3, -0.25) is 4.79 Å². The van der Waals surface area contributed by atoms with Crippen molar-refractivity contribution < 1.29 is 18.3 Å². The van der Waals surface area contributed by atoms with Crippen molar-refractivity contribution in [1.29, 1.82) is 0 Å². The summed E-state index contributed by atoms with van der Waals surface area (Å²) in [5, 5.41) is 10.9. The Labute approximate surface area is 164 Å². The summed E-state index contributed by atoms with van der Waals surface area (Å²) >= 11 is 6.97. The van der Waals surface area contributed by atoms with Crippen molar-refractivity contribution in [1.82, 2.24) is 10.2 Å². The molecule has 0 unspecified atom stereocenters. The summed E-state index contributed by atoms with van der Waals surface area (Å²) in [7, 11) is 0. The van der Waals surface area contributed by atoms with Crippen molar-refractivity contribution in [2.75, 3.05) is 17.7 Å². The molecular formula is C18H15ClFN3O3S. The minimum atomic E-state index is -0.472. The van der Waals surface area contributed by atoms with Gasteiger partial charge in [0, 0.05) is 5.56 Å². The minimum Gasteiger partial charge on any atom is -0.494 e. The topological polar surface area (TPSA) is 77.2 Å². The Kier molecular flexibility index (Phi) is 6.31. The predicted molar refractivity (Wildman–Crippen MR) is 102 cm³/mol. The molecule has 1 amide bonds. The van der Waals surface area contributed by atoms with E-state index in [1.54, 1.807) is 0 Å². The Morgan fingerprint density at radius 3 is 2.74 bits per heavy atom. The van der Waals surface area contributed by atoms with Gasteiger partial charge in [-0.1, -0.05) is 23.4 Å². The largest absolute Gasteiger partial charge is 0.494 e. The number of rotatable bonds is 7. The zero-order valence-electron chi connectivity index (χ0n) is 14.2. The van der Waals surface area contributed by atoms with Crippen molar-refractivity contribution in [2.45, 2.75) is 12.1 Å². The fourth-order valence-corrected chi connectivity index (χ4v) is 2.93. The van der Waals surface area contributed by atoms with Gasteiger partial charge in [-0.05, 0) is 49.4 Å². The Morgan fingerprint density at radius 1 is 1.26 bits per heavy atom. The molecule has 1 heterocycles. The molecule has 0 saturated carbocycles. The van der Waals surface area contributed by atoms with Crippen LogP contribution in [-0.2, 0) is 4.79 Å². The fourth-order valence-electron chi connectivity index (χ4n) is 2.15. The molecule has 0 saturated heterocycles. The molecule has 3 rings (SSSR count). The summed E-state index contributed by atoms with van der Waals surface area (Å²) < 4.78 is 24.0. The number of nitrogens with one attached hydrogen (secondary N) is 1. The van der Waals surface area contributed by atoms with E-state index in [0.717, 1.165) is 29.1 Å². The van der Waals surface area contributed by atoms with E-state index in [1.807, 2.05) is 31.2 Å². The second kappa shape index (κ2) is 8.88. The second-order valence-corrected chi connectivity index (χ2v) is 6.63. The quantitative estimate of drug-likeness (QED) is 0.574. The zero-order valence-corrected chi connectivity index (χ0v) is 15.8. The Morgan fingerprint density at radius 2 is 2.04 bits per heavy atom. The zero-order chi connectivity index (χ0) is 19.2. The molecule has 0 spiro atoms. The van der Waals surface area contributed by atoms with E-state index in [-0.39, 0.29) is 21.9 Å². The highest BCUT2D eigenvalue weighted by Crippen LogP contribution is 2.26. The Bertz CT molecular complexity index is 934. The number of ether oxygens (including phenoxy) is 1. The average Bonchev–Trinajstić information content (AvgIpc) is 3.12. The maximum atomic E-state index is 13.0. The van der Waals surface area contributed by atoms with Crippen LogP contribution in [-0.4, -0.2) is 28.5 Å². The molecule has 27 heavy (non-hydrogen) atoms. The fraction of sp³-hybridized carbons (Fsp3) is 0.167. The SMILES string of the molecule is CCOc1ccc(-c2nnc(SCC(=O)Nc3ccc(F)cc3Cl)o2)cc1. The van der Waals surface area contributed by atoms with Crippen molar-refractivity contribution in [3.63, 3.8) is 0 Å². The standard InChI is InChI=1S/C18H15ClFN3O3S/c1-2-25-13-6-3-11(4-7-13)17-22-23-18(26-17)27-10-16(24)21-15-8-5-12(20)9-14(15)19/h3-9H,2,10H2,1H3,(H,21,24). The molecule has 0 atom stereocenters. The number of aromatic nitrogens is 2. The van der Waals surface area contributed by atoms with E-state index in [1.165, 1.54) is 12.1 Å². The lowest BCUT2D eigenvalue weighted by Crippen LogP contribution is -2.14. The van der Waals surface area contributed by atoms with Crippen LogP contribution < -0.4 is 10.1 Å². The summed E-state index contributed by atoms with van der Waals surface area (Å²) in [4.78, 5) is 12.0. The monoisotopic (exact) mass is 407 g/mol. The first-order chi connectivity index (χ1) is 13.0. The molecule has 0 aliphatic carbocycles. The summed E-state index contributed by atoms with van der Waals surface area (Å²) in [6.07, 6.45) is 0. The van der Waals surface area contributed by atoms with Crippen LogP contribution in [0.5, 0.6) is 5.75 Å². The van der Waals surface area contributed by atoms with E-state index in [0.29, 0.717) is 18.2 Å². The van der Waals surface area contributed by atoms with E-state index >= 15 is 0 Å². The lowest BCUT2D eigenvalue weighted by Gasteiger charge is -2.06. The number of carbonyl (C=O) groups is 1. The van der Waals surface area contributed by atoms with Gasteiger partial charge in [0.05, 0.1) is 23.1 Å². The normalized spacial score (nSPS) is 10.6. The number of thioether (sulfide) groups is 1. The first kappa shape index (κ1) is 19.2. The Balaban J connectivity index is 1.56. The lowest BCUT2D eigenvalue weighted by molar-refractivity contribution is -0.113. The van der Waals surface area contributed by atoms with Crippen LogP contribution in [0.1, 0.15) is 6.92 Å². The maximum absolute atomic E-state index is 13.0. The van der Waals surface area contributed by atoms with E-state index < -0.39 is 5.82 Å². The highest BCUT2D eigenvalue weighted by molar-refractivity contribution is 7.99. The van der Waals surface area contributed by atoms with Crippen LogP contribution in [0.4, 0.5) is 10.1 Å². The average molecular weight is 408 g/mol. The smallest absolute Gasteiger partial charge is 0.277 e. The van der Waals surface area contributed by atoms with Gasteiger partial charge in [-0.2, -0.15) is 0 Å². The second-order valence-electron chi connectivity index (χ2n) is 5.29. The molecule has 0 radical (unpaired) electrons. The van der Waals surface area contributed by atoms with E-state index in [9.17, 15) is 9.18 Å². The van der Waals surface area contributed by atoms with Gasteiger partial charge in [0.25, 0.3) is 5.22 Å². The third-order valence-corrected chi connectivity index (χ3v) is 4.48. The number of anilines is 1. The third kappa shape index (κ3) is 5.21. The molecule has 0 bridgehead atoms. The summed E-state index contributed by atoms with van der Waals surface area (Å²) in [5.41, 5.74) is 1.09. The molecule has 9 heteroatoms. The van der Waals surface area contributed by atoms with Gasteiger partial charge in [0.15, 0.2) is 0 Å². The molecule has 3 aromatic rings. The van der Waals surface area contributed by atoms with Crippen LogP contribution in [0.2, 0.25) is 5.02 Å². The molecule has 140 valence electrons. The number of nitrogens with zero attached hydrogens (tertiary/aromatic N) is 2. The van der Waals surface area contributed by atoms with Gasteiger partial charge in [0.2, 0.25) is 11.8 Å². The van der Waals surface area contributed by atoms with Crippen LogP contribution in [0, 0.1) is 5.82 Å². The van der Waals surface area contributed by atoms with Gasteiger partial charge in [0.1, 0.15) is 11.6 Å². The molecule has 2 aromatic carbocycles. The predicted octanol–water partition coefficient (Wildman–Crippen LogP) is 4.66. The molecule has 6 nitrogen and oxygen atoms in total. The Hall–Kier alpha value is -2.58. The molecule has 0 aliphatic rings. The number of hydrogen-bond donors (Lipinski definition) is 1. The number of benzene rings is 2. The van der Waals surface area contributed by atoms with Crippen LogP contribution in [0.15, 0.2) is 52.1 Å². The van der Waals surface area contributed by atoms with Gasteiger partial charge < -0.3 is 14.5 Å². The maximum Gasteiger partial charge on any atom is 0.277 e. The molecule has 1 N–H and O–H groups in total. The van der Waals surface area contributed by atoms with Gasteiger partial charge in [-0.15, -0.1) is 10.2 Å². The van der Waals surface area contributed by atoms with Crippen molar-refractivity contribution >= 4 is 35.0 Å². The van der Waals surface area contributed by atoms with Crippen molar-refractivity contribution in [3.05, 3.63) is 53.3 Å². The van der Waals surface area contributed by atoms with Crippen LogP contribution >= 0.6 is 23.4 Å². The molecule has 0 fully saturated rings. The minimum absolute atomic E-state index is 0.0403. The highest BCUT2D eigenvalue weighted by Gasteiger charge is 2.12. The molecule has 1 aromatic heterocycles. The summed E-state index contributed by atoms with van der Waals surface area (Å²) in [5.74, 6) is 0.349. The van der Waals surface area contributed by atoms with E-state index in [4.69, 9.17) is 20.8 Å². The molecule has 0 aliphatic heterocycles. The number of amides is 1. The summed E-state index contributed by atoms with van der Waals surface area (Å²) in [6.45, 7) is 2.50. The van der Waals surface area contributed by atoms with Crippen LogP contribution in [0.25, 0.3) is 11.5 Å². The van der Waals surface area contributed by atoms with Crippen LogP contribution in [0.3, 0.4) is 0 Å². The highest BCUT2D eigenvalue weighted by atomic mass is 35.5. The first-order valence-corrected chi connectivity index (χ1v) is 9.36. The number of hydrogen-bond acceptors (Lipinski definition) is 6. The third-order valence-electron chi connectivity index (χ3n) is 3.35. The lowest BCUT2D eigenvalue weighted by atomic mass is 10.2. The number of halogens is 2. The van der Waals surface area contributed by atoms with Gasteiger partial charge >= 0.3 is 0 Å². The van der Waals surface area contributed by atoms with Crippen molar-refractivity contribution in [3.8, 4) is 17.2 Å². The summed E-state index contributed by atoms with van der Waals surface area (Å²) in [6, 6.07) is 11.0. The van der Waals surface area contributed by atoms with Gasteiger partial charge in [-0.25, -0.2) is 4.39 Å². The van der Waals surface area contributed by atoms with Crippen molar-refractivity contribution in [2.24, 2.45) is 0 Å².